The third kappa shape index (κ3) is 5.22. The van der Waals surface area contributed by atoms with Gasteiger partial charge in [-0.05, 0) is 76.0 Å². The first kappa shape index (κ1) is 26.4. The van der Waals surface area contributed by atoms with Crippen LogP contribution in [0.5, 0.6) is 0 Å². The molecule has 5 rings (SSSR count). The zero-order chi connectivity index (χ0) is 26.8. The van der Waals surface area contributed by atoms with Crippen molar-refractivity contribution in [3.05, 3.63) is 62.4 Å². The number of anilines is 2. The predicted octanol–water partition coefficient (Wildman–Crippen LogP) is 3.46. The summed E-state index contributed by atoms with van der Waals surface area (Å²) in [6, 6.07) is 9.90. The molecule has 2 aromatic heterocycles. The number of amides is 2. The van der Waals surface area contributed by atoms with Crippen molar-refractivity contribution in [1.29, 1.82) is 0 Å². The topological polar surface area (TPSA) is 89.6 Å². The van der Waals surface area contributed by atoms with Crippen molar-refractivity contribution >= 4 is 33.8 Å². The van der Waals surface area contributed by atoms with Crippen molar-refractivity contribution in [2.75, 3.05) is 24.2 Å². The summed E-state index contributed by atoms with van der Waals surface area (Å²) in [7, 11) is 3.90. The van der Waals surface area contributed by atoms with Gasteiger partial charge >= 0.3 is 0 Å². The second-order valence-corrected chi connectivity index (χ2v) is 11.8. The molecular formula is C29H38N5O3S+. The van der Waals surface area contributed by atoms with Gasteiger partial charge in [-0.3, -0.25) is 19.1 Å². The third-order valence-electron chi connectivity index (χ3n) is 8.19. The Kier molecular flexibility index (Phi) is 7.85. The highest BCUT2D eigenvalue weighted by Crippen LogP contribution is 2.38. The van der Waals surface area contributed by atoms with Crippen molar-refractivity contribution in [3.63, 3.8) is 0 Å². The molecule has 0 spiro atoms. The van der Waals surface area contributed by atoms with E-state index in [1.165, 1.54) is 35.5 Å². The summed E-state index contributed by atoms with van der Waals surface area (Å²) >= 11 is 1.51. The number of quaternary nitrogens is 1. The number of fused-ring (bicyclic) bond motifs is 1. The number of nitrogens with zero attached hydrogens (tertiary/aromatic N) is 2. The molecule has 1 fully saturated rings. The van der Waals surface area contributed by atoms with Crippen LogP contribution in [-0.4, -0.2) is 40.8 Å². The average Bonchev–Trinajstić information content (AvgIpc) is 3.39. The molecular weight excluding hydrogens is 498 g/mol. The number of carbonyl (C=O) groups excluding carboxylic acids is 2. The first-order valence-corrected chi connectivity index (χ1v) is 14.6. The van der Waals surface area contributed by atoms with Crippen LogP contribution in [0.2, 0.25) is 0 Å². The lowest BCUT2D eigenvalue weighted by atomic mass is 9.94. The average molecular weight is 537 g/mol. The summed E-state index contributed by atoms with van der Waals surface area (Å²) in [6.45, 7) is 2.21. The van der Waals surface area contributed by atoms with Gasteiger partial charge in [0.25, 0.3) is 17.4 Å². The molecule has 1 unspecified atom stereocenters. The minimum absolute atomic E-state index is 0.0666. The Hall–Kier alpha value is -3.17. The van der Waals surface area contributed by atoms with E-state index in [0.29, 0.717) is 28.8 Å². The molecule has 202 valence electrons. The summed E-state index contributed by atoms with van der Waals surface area (Å²) in [6.07, 6.45) is 9.88. The number of aryl methyl sites for hydroxylation is 1. The Labute approximate surface area is 227 Å². The van der Waals surface area contributed by atoms with Crippen molar-refractivity contribution in [2.24, 2.45) is 7.05 Å². The number of aromatic nitrogens is 2. The second kappa shape index (κ2) is 11.3. The molecule has 9 heteroatoms. The summed E-state index contributed by atoms with van der Waals surface area (Å²) in [5, 5.41) is 6.62. The number of thiophene rings is 1. The molecule has 0 aliphatic heterocycles. The fourth-order valence-corrected chi connectivity index (χ4v) is 7.25. The van der Waals surface area contributed by atoms with Gasteiger partial charge in [-0.2, -0.15) is 0 Å². The van der Waals surface area contributed by atoms with Crippen molar-refractivity contribution in [1.82, 2.24) is 9.36 Å². The molecule has 2 aliphatic carbocycles. The maximum Gasteiger partial charge on any atom is 0.295 e. The second-order valence-electron chi connectivity index (χ2n) is 10.7. The quantitative estimate of drug-likeness (QED) is 0.432. The van der Waals surface area contributed by atoms with Crippen LogP contribution in [0.15, 0.2) is 35.1 Å². The molecule has 1 aromatic carbocycles. The van der Waals surface area contributed by atoms with Crippen molar-refractivity contribution < 1.29 is 14.5 Å². The predicted molar refractivity (Wildman–Crippen MR) is 152 cm³/mol. The maximum atomic E-state index is 13.8. The zero-order valence-corrected chi connectivity index (χ0v) is 23.4. The summed E-state index contributed by atoms with van der Waals surface area (Å²) in [5.74, 6) is -0.401. The number of rotatable bonds is 7. The van der Waals surface area contributed by atoms with Crippen molar-refractivity contribution in [2.45, 2.75) is 70.8 Å². The van der Waals surface area contributed by atoms with E-state index in [-0.39, 0.29) is 23.1 Å². The van der Waals surface area contributed by atoms with E-state index < -0.39 is 0 Å². The molecule has 2 aliphatic rings. The fourth-order valence-electron chi connectivity index (χ4n) is 5.95. The number of likely N-dealkylation sites (N-methyl/N-ethyl adjacent to an activating group) is 1. The van der Waals surface area contributed by atoms with Crippen LogP contribution >= 0.6 is 11.3 Å². The number of para-hydroxylation sites is 1. The molecule has 3 N–H and O–H groups in total. The smallest absolute Gasteiger partial charge is 0.295 e. The molecule has 2 amide bonds. The Bertz CT molecular complexity index is 1380. The monoisotopic (exact) mass is 536 g/mol. The highest BCUT2D eigenvalue weighted by Gasteiger charge is 2.29. The van der Waals surface area contributed by atoms with Crippen LogP contribution in [0.3, 0.4) is 0 Å². The van der Waals surface area contributed by atoms with Gasteiger partial charge in [0.05, 0.1) is 30.0 Å². The molecule has 1 atom stereocenters. The number of benzene rings is 1. The largest absolute Gasteiger partial charge is 0.327 e. The van der Waals surface area contributed by atoms with Crippen LogP contribution in [0.4, 0.5) is 10.7 Å². The highest BCUT2D eigenvalue weighted by molar-refractivity contribution is 7.17. The lowest BCUT2D eigenvalue weighted by Gasteiger charge is -2.27. The fraction of sp³-hybridized carbons (Fsp3) is 0.483. The lowest BCUT2D eigenvalue weighted by molar-refractivity contribution is -0.899. The summed E-state index contributed by atoms with van der Waals surface area (Å²) in [4.78, 5) is 42.7. The highest BCUT2D eigenvalue weighted by atomic mass is 32.1. The van der Waals surface area contributed by atoms with E-state index in [4.69, 9.17) is 0 Å². The minimum atomic E-state index is -0.335. The minimum Gasteiger partial charge on any atom is -0.327 e. The summed E-state index contributed by atoms with van der Waals surface area (Å²) < 4.78 is 3.31. The van der Waals surface area contributed by atoms with Gasteiger partial charge in [0.2, 0.25) is 0 Å². The van der Waals surface area contributed by atoms with Gasteiger partial charge in [0.1, 0.15) is 10.7 Å². The van der Waals surface area contributed by atoms with Crippen LogP contribution in [-0.2, 0) is 24.7 Å². The van der Waals surface area contributed by atoms with Crippen molar-refractivity contribution in [3.8, 4) is 5.69 Å². The molecule has 8 nitrogen and oxygen atoms in total. The Morgan fingerprint density at radius 2 is 1.74 bits per heavy atom. The van der Waals surface area contributed by atoms with Gasteiger partial charge in [-0.25, -0.2) is 4.68 Å². The molecule has 2 heterocycles. The number of nitrogens with one attached hydrogen (secondary N) is 3. The summed E-state index contributed by atoms with van der Waals surface area (Å²) in [5.41, 5.74) is 2.91. The molecule has 38 heavy (non-hydrogen) atoms. The Morgan fingerprint density at radius 1 is 1.03 bits per heavy atom. The van der Waals surface area contributed by atoms with Crippen LogP contribution in [0, 0.1) is 6.92 Å². The maximum absolute atomic E-state index is 13.8. The van der Waals surface area contributed by atoms with Gasteiger partial charge in [-0.1, -0.05) is 24.6 Å². The van der Waals surface area contributed by atoms with Crippen LogP contribution < -0.4 is 21.1 Å². The first-order valence-electron chi connectivity index (χ1n) is 13.8. The van der Waals surface area contributed by atoms with E-state index in [0.717, 1.165) is 54.7 Å². The van der Waals surface area contributed by atoms with E-state index in [1.807, 2.05) is 44.3 Å². The third-order valence-corrected chi connectivity index (χ3v) is 9.39. The van der Waals surface area contributed by atoms with E-state index in [9.17, 15) is 14.4 Å². The van der Waals surface area contributed by atoms with Gasteiger partial charge in [-0.15, -0.1) is 11.3 Å². The molecule has 1 saturated carbocycles. The van der Waals surface area contributed by atoms with Gasteiger partial charge in [0.15, 0.2) is 6.54 Å². The lowest BCUT2D eigenvalue weighted by Crippen LogP contribution is -3.14. The molecule has 0 saturated heterocycles. The molecule has 0 radical (unpaired) electrons. The zero-order valence-electron chi connectivity index (χ0n) is 22.6. The Balaban J connectivity index is 1.40. The van der Waals surface area contributed by atoms with E-state index in [1.54, 1.807) is 9.36 Å². The van der Waals surface area contributed by atoms with Gasteiger partial charge in [0, 0.05) is 11.9 Å². The number of hydrogen-bond acceptors (Lipinski definition) is 4. The normalized spacial score (nSPS) is 16.6. The standard InChI is InChI=1S/C29H37N5O3S/c1-19-26(29(37)34(33(19)3)21-14-8-5-9-15-21)31-27(36)25-22-16-10-11-17-23(22)38-28(25)30-24(35)18-32(2)20-12-6-4-7-13-20/h5,8-9,14-15,20H,4,6-7,10-13,16-18H2,1-3H3,(H,30,35)(H,31,36)/p+1. The molecule has 3 aromatic rings. The van der Waals surface area contributed by atoms with Gasteiger partial charge < -0.3 is 15.5 Å². The van der Waals surface area contributed by atoms with E-state index >= 15 is 0 Å². The number of carbonyl (C=O) groups is 2. The van der Waals surface area contributed by atoms with E-state index in [2.05, 4.69) is 17.7 Å². The van der Waals surface area contributed by atoms with Crippen LogP contribution in [0.25, 0.3) is 5.69 Å². The SMILES string of the molecule is Cc1c(NC(=O)c2c(NC(=O)C[NH+](C)C3CCCCC3)sc3c2CCCC3)c(=O)n(-c2ccccc2)n1C. The molecule has 0 bridgehead atoms. The number of hydrogen-bond donors (Lipinski definition) is 3. The Morgan fingerprint density at radius 3 is 2.47 bits per heavy atom. The first-order chi connectivity index (χ1) is 18.3. The van der Waals surface area contributed by atoms with Crippen LogP contribution in [0.1, 0.15) is 71.4 Å².